The van der Waals surface area contributed by atoms with Crippen molar-refractivity contribution in [1.29, 1.82) is 0 Å². The van der Waals surface area contributed by atoms with E-state index in [0.29, 0.717) is 64.7 Å². The highest BCUT2D eigenvalue weighted by Crippen LogP contribution is 2.42. The number of aromatic nitrogens is 3. The third kappa shape index (κ3) is 7.64. The molecule has 0 bridgehead atoms. The fourth-order valence-electron chi connectivity index (χ4n) is 8.08. The first-order valence-electron chi connectivity index (χ1n) is 19.3. The topological polar surface area (TPSA) is 201 Å². The lowest BCUT2D eigenvalue weighted by Crippen LogP contribution is -2.54. The van der Waals surface area contributed by atoms with Gasteiger partial charge in [-0.1, -0.05) is 17.7 Å². The number of nitrogens with zero attached hydrogens (tertiary/aromatic N) is 6. The largest absolute Gasteiger partial charge is 0.478 e. The summed E-state index contributed by atoms with van der Waals surface area (Å²) in [6.45, 7) is 3.14. The number of aliphatic hydroxyl groups excluding tert-OH is 1. The molecule has 2 aromatic carbocycles. The van der Waals surface area contributed by atoms with E-state index in [1.807, 2.05) is 24.3 Å². The van der Waals surface area contributed by atoms with Gasteiger partial charge in [0.1, 0.15) is 11.1 Å². The summed E-state index contributed by atoms with van der Waals surface area (Å²) in [5.74, 6) is -0.143. The number of benzene rings is 2. The molecule has 304 valence electrons. The summed E-state index contributed by atoms with van der Waals surface area (Å²) >= 11 is 6.53. The van der Waals surface area contributed by atoms with E-state index in [4.69, 9.17) is 26.1 Å². The second-order valence-corrected chi connectivity index (χ2v) is 15.4. The van der Waals surface area contributed by atoms with Gasteiger partial charge in [0.05, 0.1) is 17.8 Å². The fourth-order valence-corrected chi connectivity index (χ4v) is 8.22. The van der Waals surface area contributed by atoms with E-state index in [0.717, 1.165) is 43.4 Å². The van der Waals surface area contributed by atoms with Gasteiger partial charge < -0.3 is 39.6 Å². The van der Waals surface area contributed by atoms with E-state index in [1.54, 1.807) is 31.4 Å². The number of carbonyl (C=O) groups excluding carboxylic acids is 4. The zero-order chi connectivity index (χ0) is 40.7. The molecular formula is C40H44ClN9O8. The molecule has 6 heterocycles. The highest BCUT2D eigenvalue weighted by atomic mass is 35.5. The van der Waals surface area contributed by atoms with Gasteiger partial charge in [-0.25, -0.2) is 4.98 Å². The number of nitrogens with one attached hydrogen (secondary N) is 3. The average molecular weight is 814 g/mol. The number of likely N-dealkylation sites (N-methyl/N-ethyl adjacent to an activating group) is 1. The molecule has 4 amide bonds. The Hall–Kier alpha value is -5.78. The summed E-state index contributed by atoms with van der Waals surface area (Å²) in [5.41, 5.74) is 2.63. The summed E-state index contributed by atoms with van der Waals surface area (Å²) in [5, 5.41) is 20.4. The summed E-state index contributed by atoms with van der Waals surface area (Å²) in [7, 11) is 3.15. The molecule has 4 aliphatic heterocycles. The smallest absolute Gasteiger partial charge is 0.293 e. The molecule has 0 radical (unpaired) electrons. The van der Waals surface area contributed by atoms with Gasteiger partial charge in [-0.05, 0) is 68.0 Å². The first kappa shape index (κ1) is 39.1. The lowest BCUT2D eigenvalue weighted by atomic mass is 9.94. The molecule has 0 spiro atoms. The number of fused-ring (bicyclic) bond motifs is 2. The Bertz CT molecular complexity index is 2340. The van der Waals surface area contributed by atoms with E-state index in [9.17, 15) is 29.1 Å². The lowest BCUT2D eigenvalue weighted by Gasteiger charge is -2.42. The zero-order valence-corrected chi connectivity index (χ0v) is 32.8. The molecule has 0 aliphatic carbocycles. The van der Waals surface area contributed by atoms with Crippen molar-refractivity contribution in [3.05, 3.63) is 75.2 Å². The summed E-state index contributed by atoms with van der Waals surface area (Å²) in [6, 6.07) is 11.5. The van der Waals surface area contributed by atoms with Gasteiger partial charge >= 0.3 is 0 Å². The SMILES string of the molecule is CNC(=O)COc1cc2cc(Nc3nc(N4CCC(CCOC5CN(c6cccc7c6C(O)N(C6CCC(=O)NC6=O)C7=O)C5)CC4)ncc3Cl)ccc2n(C)c1=O. The molecule has 4 N–H and O–H groups in total. The van der Waals surface area contributed by atoms with Crippen LogP contribution in [0.4, 0.5) is 23.1 Å². The molecule has 0 saturated carbocycles. The van der Waals surface area contributed by atoms with Crippen molar-refractivity contribution < 1.29 is 33.8 Å². The third-order valence-electron chi connectivity index (χ3n) is 11.4. The Morgan fingerprint density at radius 2 is 1.84 bits per heavy atom. The molecule has 2 unspecified atom stereocenters. The van der Waals surface area contributed by atoms with Gasteiger partial charge in [-0.3, -0.25) is 34.2 Å². The molecule has 4 aromatic rings. The van der Waals surface area contributed by atoms with Crippen LogP contribution < -0.4 is 36.0 Å². The number of piperidine rings is 2. The highest BCUT2D eigenvalue weighted by Gasteiger charge is 2.46. The maximum atomic E-state index is 13.3. The molecule has 3 fully saturated rings. The van der Waals surface area contributed by atoms with Crippen LogP contribution in [0, 0.1) is 5.92 Å². The van der Waals surface area contributed by atoms with Crippen LogP contribution in [0.25, 0.3) is 10.9 Å². The third-order valence-corrected chi connectivity index (χ3v) is 11.7. The molecule has 58 heavy (non-hydrogen) atoms. The Morgan fingerprint density at radius 1 is 1.05 bits per heavy atom. The lowest BCUT2D eigenvalue weighted by molar-refractivity contribution is -0.139. The molecule has 8 rings (SSSR count). The first-order chi connectivity index (χ1) is 28.0. The van der Waals surface area contributed by atoms with Crippen molar-refractivity contribution >= 4 is 69.3 Å². The second kappa shape index (κ2) is 16.2. The Kier molecular flexibility index (Phi) is 10.9. The molecule has 3 saturated heterocycles. The van der Waals surface area contributed by atoms with Gasteiger partial charge in [0.2, 0.25) is 17.8 Å². The first-order valence-corrected chi connectivity index (χ1v) is 19.7. The number of ether oxygens (including phenoxy) is 2. The number of imide groups is 1. The van der Waals surface area contributed by atoms with Crippen molar-refractivity contribution in [3.8, 4) is 5.75 Å². The van der Waals surface area contributed by atoms with Crippen LogP contribution in [0.2, 0.25) is 5.02 Å². The van der Waals surface area contributed by atoms with Crippen LogP contribution >= 0.6 is 11.6 Å². The number of hydrogen-bond acceptors (Lipinski definition) is 13. The van der Waals surface area contributed by atoms with E-state index in [-0.39, 0.29) is 48.7 Å². The van der Waals surface area contributed by atoms with Crippen LogP contribution in [0.15, 0.2) is 53.5 Å². The number of carbonyl (C=O) groups is 4. The summed E-state index contributed by atoms with van der Waals surface area (Å²) < 4.78 is 13.2. The number of rotatable bonds is 12. The Labute approximate surface area is 338 Å². The minimum atomic E-state index is -1.28. The van der Waals surface area contributed by atoms with Crippen molar-refractivity contribution in [2.45, 2.75) is 50.5 Å². The number of anilines is 4. The maximum Gasteiger partial charge on any atom is 0.293 e. The minimum absolute atomic E-state index is 0.0174. The molecule has 2 aromatic heterocycles. The number of aryl methyl sites for hydroxylation is 1. The van der Waals surface area contributed by atoms with Crippen molar-refractivity contribution in [3.63, 3.8) is 0 Å². The van der Waals surface area contributed by atoms with Gasteiger partial charge in [0.25, 0.3) is 17.4 Å². The van der Waals surface area contributed by atoms with Gasteiger partial charge in [0.15, 0.2) is 24.4 Å². The summed E-state index contributed by atoms with van der Waals surface area (Å²) in [6.07, 6.45) is 3.42. The van der Waals surface area contributed by atoms with Crippen molar-refractivity contribution in [2.75, 3.05) is 61.6 Å². The number of aliphatic hydroxyl groups is 1. The van der Waals surface area contributed by atoms with E-state index in [1.165, 1.54) is 16.5 Å². The molecule has 2 atom stereocenters. The number of amides is 4. The van der Waals surface area contributed by atoms with Gasteiger partial charge in [-0.15, -0.1) is 0 Å². The van der Waals surface area contributed by atoms with E-state index < -0.39 is 24.1 Å². The van der Waals surface area contributed by atoms with Gasteiger partial charge in [0, 0.05) is 81.2 Å². The Morgan fingerprint density at radius 3 is 2.60 bits per heavy atom. The molecule has 17 nitrogen and oxygen atoms in total. The fraction of sp³-hybridized carbons (Fsp3) is 0.425. The molecular weight excluding hydrogens is 770 g/mol. The average Bonchev–Trinajstić information content (AvgIpc) is 3.46. The minimum Gasteiger partial charge on any atom is -0.478 e. The second-order valence-electron chi connectivity index (χ2n) is 15.0. The van der Waals surface area contributed by atoms with Crippen LogP contribution in [-0.2, 0) is 26.2 Å². The van der Waals surface area contributed by atoms with E-state index in [2.05, 4.69) is 30.7 Å². The number of pyridine rings is 1. The van der Waals surface area contributed by atoms with Crippen LogP contribution in [0.1, 0.15) is 54.3 Å². The molecule has 18 heteroatoms. The maximum absolute atomic E-state index is 13.3. The number of hydrogen-bond donors (Lipinski definition) is 4. The predicted octanol–water partition coefficient (Wildman–Crippen LogP) is 2.61. The van der Waals surface area contributed by atoms with Gasteiger partial charge in [-0.2, -0.15) is 4.98 Å². The zero-order valence-electron chi connectivity index (χ0n) is 32.1. The predicted molar refractivity (Wildman–Crippen MR) is 214 cm³/mol. The highest BCUT2D eigenvalue weighted by molar-refractivity contribution is 6.33. The number of halogens is 1. The standard InChI is InChI=1S/C40H44ClN9O8/c1-42-33(52)21-58-31-17-23-16-24(6-7-28(23)47(2)38(31)55)44-35-27(41)18-43-40(46-35)48-13-10-22(11-14-48)12-15-57-25-19-49(20-25)29-5-3-4-26-34(29)39(56)50(37(26)54)30-8-9-32(51)45-36(30)53/h3-7,16-18,22,25,30,39,56H,8-15,19-21H2,1-2H3,(H,42,52)(H,43,44,46)(H,45,51,53). The van der Waals surface area contributed by atoms with E-state index >= 15 is 0 Å². The van der Waals surface area contributed by atoms with Crippen LogP contribution in [0.5, 0.6) is 5.75 Å². The normalized spacial score (nSPS) is 19.9. The van der Waals surface area contributed by atoms with Crippen molar-refractivity contribution in [1.82, 2.24) is 30.1 Å². The van der Waals surface area contributed by atoms with Crippen LogP contribution in [-0.4, -0.2) is 107 Å². The van der Waals surface area contributed by atoms with Crippen molar-refractivity contribution in [2.24, 2.45) is 13.0 Å². The Balaban J connectivity index is 0.816. The van der Waals surface area contributed by atoms with Crippen LogP contribution in [0.3, 0.4) is 0 Å². The molecule has 4 aliphatic rings. The monoisotopic (exact) mass is 813 g/mol. The quantitative estimate of drug-likeness (QED) is 0.152. The summed E-state index contributed by atoms with van der Waals surface area (Å²) in [4.78, 5) is 76.6.